The summed E-state index contributed by atoms with van der Waals surface area (Å²) in [6.45, 7) is 1.91. The highest BCUT2D eigenvalue weighted by molar-refractivity contribution is 5.84. The van der Waals surface area contributed by atoms with Crippen LogP contribution in [0.4, 0.5) is 14.6 Å². The third kappa shape index (κ3) is 5.28. The molecule has 1 atom stereocenters. The maximum absolute atomic E-state index is 14.6. The number of carbonyl (C=O) groups excluding carboxylic acids is 1. The molecule has 1 saturated heterocycles. The predicted octanol–water partition coefficient (Wildman–Crippen LogP) is 3.29. The number of piperazine rings is 1. The standard InChI is InChI=1S/C30H28F2N10O/c1-38(2)29(23-6-5-22(31)12-24(23)32)30(43)41-10-8-40(9-11-41)26-7-4-19(14-34-26)27-28-20(13-33)15-36-42(28)18-25(37-27)21-16-35-39(3)17-21/h4-7,12,14-18,29H,8-11H2,1-3H3. The van der Waals surface area contributed by atoms with Gasteiger partial charge in [0.1, 0.15) is 40.6 Å². The van der Waals surface area contributed by atoms with Crippen LogP contribution in [-0.2, 0) is 11.8 Å². The normalized spacial score (nSPS) is 14.3. The van der Waals surface area contributed by atoms with Crippen molar-refractivity contribution in [1.82, 2.24) is 39.2 Å². The number of anilines is 1. The third-order valence-corrected chi connectivity index (χ3v) is 7.56. The molecule has 1 fully saturated rings. The minimum absolute atomic E-state index is 0.143. The average molecular weight is 583 g/mol. The largest absolute Gasteiger partial charge is 0.353 e. The Morgan fingerprint density at radius 1 is 1.00 bits per heavy atom. The van der Waals surface area contributed by atoms with Crippen molar-refractivity contribution in [3.63, 3.8) is 0 Å². The van der Waals surface area contributed by atoms with Gasteiger partial charge in [0, 0.05) is 68.4 Å². The summed E-state index contributed by atoms with van der Waals surface area (Å²) in [7, 11) is 5.23. The number of nitriles is 1. The minimum atomic E-state index is -0.863. The lowest BCUT2D eigenvalue weighted by Crippen LogP contribution is -2.51. The molecule has 0 saturated carbocycles. The van der Waals surface area contributed by atoms with Crippen molar-refractivity contribution in [3.05, 3.63) is 84.1 Å². The van der Waals surface area contributed by atoms with Crippen molar-refractivity contribution in [2.75, 3.05) is 45.2 Å². The van der Waals surface area contributed by atoms with Gasteiger partial charge in [0.05, 0.1) is 30.0 Å². The summed E-state index contributed by atoms with van der Waals surface area (Å²) in [5, 5.41) is 18.3. The van der Waals surface area contributed by atoms with Gasteiger partial charge in [-0.2, -0.15) is 15.5 Å². The number of pyridine rings is 1. The van der Waals surface area contributed by atoms with Crippen LogP contribution in [0.2, 0.25) is 0 Å². The fraction of sp³-hybridized carbons (Fsp3) is 0.267. The minimum Gasteiger partial charge on any atom is -0.353 e. The van der Waals surface area contributed by atoms with E-state index in [1.165, 1.54) is 18.3 Å². The summed E-state index contributed by atoms with van der Waals surface area (Å²) < 4.78 is 31.4. The van der Waals surface area contributed by atoms with Gasteiger partial charge in [0.15, 0.2) is 0 Å². The van der Waals surface area contributed by atoms with Gasteiger partial charge in [-0.15, -0.1) is 0 Å². The molecule has 0 radical (unpaired) electrons. The lowest BCUT2D eigenvalue weighted by molar-refractivity contribution is -0.136. The first-order valence-corrected chi connectivity index (χ1v) is 13.6. The Hall–Kier alpha value is -5.22. The number of hydrogen-bond donors (Lipinski definition) is 0. The summed E-state index contributed by atoms with van der Waals surface area (Å²) >= 11 is 0. The van der Waals surface area contributed by atoms with Gasteiger partial charge < -0.3 is 9.80 Å². The van der Waals surface area contributed by atoms with E-state index in [0.717, 1.165) is 23.0 Å². The van der Waals surface area contributed by atoms with Crippen molar-refractivity contribution in [3.8, 4) is 28.6 Å². The molecule has 4 aromatic heterocycles. The topological polar surface area (TPSA) is 111 Å². The van der Waals surface area contributed by atoms with Crippen molar-refractivity contribution >= 4 is 17.2 Å². The van der Waals surface area contributed by atoms with E-state index in [1.54, 1.807) is 51.7 Å². The highest BCUT2D eigenvalue weighted by atomic mass is 19.1. The van der Waals surface area contributed by atoms with Crippen LogP contribution in [0.3, 0.4) is 0 Å². The van der Waals surface area contributed by atoms with E-state index in [-0.39, 0.29) is 11.5 Å². The quantitative estimate of drug-likeness (QED) is 0.300. The molecule has 1 amide bonds. The van der Waals surface area contributed by atoms with Gasteiger partial charge in [-0.05, 0) is 32.3 Å². The molecule has 6 rings (SSSR count). The number of likely N-dealkylation sites (N-methyl/N-ethyl adjacent to an activating group) is 1. The molecule has 0 bridgehead atoms. The zero-order valence-corrected chi connectivity index (χ0v) is 23.8. The van der Waals surface area contributed by atoms with Crippen LogP contribution in [0.5, 0.6) is 0 Å². The monoisotopic (exact) mass is 582 g/mol. The smallest absolute Gasteiger partial charge is 0.244 e. The highest BCUT2D eigenvalue weighted by Crippen LogP contribution is 2.30. The molecule has 1 unspecified atom stereocenters. The number of aromatic nitrogens is 6. The van der Waals surface area contributed by atoms with E-state index in [2.05, 4.69) is 21.2 Å². The van der Waals surface area contributed by atoms with Gasteiger partial charge in [-0.25, -0.2) is 23.3 Å². The Morgan fingerprint density at radius 3 is 2.42 bits per heavy atom. The molecule has 13 heteroatoms. The number of carbonyl (C=O) groups is 1. The molecule has 0 N–H and O–H groups in total. The maximum atomic E-state index is 14.6. The number of hydrogen-bond acceptors (Lipinski definition) is 8. The number of amides is 1. The SMILES string of the molecule is CN(C)C(C(=O)N1CCN(c2ccc(-c3nc(-c4cnn(C)c4)cn4ncc(C#N)c34)cn2)CC1)c1ccc(F)cc1F. The average Bonchev–Trinajstić information content (AvgIpc) is 3.64. The molecule has 0 spiro atoms. The van der Waals surface area contributed by atoms with E-state index < -0.39 is 17.7 Å². The van der Waals surface area contributed by atoms with Crippen LogP contribution in [0.1, 0.15) is 17.2 Å². The van der Waals surface area contributed by atoms with E-state index in [0.29, 0.717) is 48.6 Å². The van der Waals surface area contributed by atoms with Crippen molar-refractivity contribution in [1.29, 1.82) is 5.26 Å². The van der Waals surface area contributed by atoms with E-state index in [1.807, 2.05) is 25.4 Å². The van der Waals surface area contributed by atoms with E-state index in [9.17, 15) is 18.8 Å². The number of aryl methyl sites for hydroxylation is 1. The molecule has 5 heterocycles. The summed E-state index contributed by atoms with van der Waals surface area (Å²) in [5.74, 6) is -0.935. The summed E-state index contributed by atoms with van der Waals surface area (Å²) in [4.78, 5) is 28.4. The fourth-order valence-corrected chi connectivity index (χ4v) is 5.39. The maximum Gasteiger partial charge on any atom is 0.244 e. The zero-order chi connectivity index (χ0) is 30.2. The Labute approximate surface area is 246 Å². The number of rotatable bonds is 6. The molecular weight excluding hydrogens is 554 g/mol. The number of halogens is 2. The van der Waals surface area contributed by atoms with Crippen LogP contribution >= 0.6 is 0 Å². The molecule has 218 valence electrons. The highest BCUT2D eigenvalue weighted by Gasteiger charge is 2.32. The first kappa shape index (κ1) is 27.9. The van der Waals surface area contributed by atoms with Crippen molar-refractivity contribution < 1.29 is 13.6 Å². The summed E-state index contributed by atoms with van der Waals surface area (Å²) in [5.41, 5.74) is 3.91. The zero-order valence-electron chi connectivity index (χ0n) is 23.8. The number of benzene rings is 1. The molecule has 5 aromatic rings. The second-order valence-corrected chi connectivity index (χ2v) is 10.6. The Kier molecular flexibility index (Phi) is 7.29. The molecule has 43 heavy (non-hydrogen) atoms. The van der Waals surface area contributed by atoms with Crippen LogP contribution in [0.25, 0.3) is 28.0 Å². The Balaban J connectivity index is 1.21. The van der Waals surface area contributed by atoms with Gasteiger partial charge >= 0.3 is 0 Å². The first-order valence-electron chi connectivity index (χ1n) is 13.6. The van der Waals surface area contributed by atoms with Gasteiger partial charge in [0.25, 0.3) is 0 Å². The number of fused-ring (bicyclic) bond motifs is 1. The number of nitrogens with zero attached hydrogens (tertiary/aromatic N) is 10. The third-order valence-electron chi connectivity index (χ3n) is 7.56. The molecule has 1 aliphatic heterocycles. The molecule has 11 nitrogen and oxygen atoms in total. The van der Waals surface area contributed by atoms with Crippen LogP contribution in [-0.4, -0.2) is 85.3 Å². The van der Waals surface area contributed by atoms with E-state index >= 15 is 0 Å². The molecular formula is C30H28F2N10O. The predicted molar refractivity (Wildman–Crippen MR) is 155 cm³/mol. The summed E-state index contributed by atoms with van der Waals surface area (Å²) in [6.07, 6.45) is 8.58. The van der Waals surface area contributed by atoms with Crippen molar-refractivity contribution in [2.24, 2.45) is 7.05 Å². The van der Waals surface area contributed by atoms with Gasteiger partial charge in [-0.3, -0.25) is 14.4 Å². The van der Waals surface area contributed by atoms with Crippen molar-refractivity contribution in [2.45, 2.75) is 6.04 Å². The Morgan fingerprint density at radius 2 is 1.79 bits per heavy atom. The summed E-state index contributed by atoms with van der Waals surface area (Å²) in [6, 6.07) is 8.42. The van der Waals surface area contributed by atoms with Crippen LogP contribution in [0.15, 0.2) is 61.3 Å². The lowest BCUT2D eigenvalue weighted by atomic mass is 10.0. The molecule has 1 aromatic carbocycles. The second kappa shape index (κ2) is 11.2. The lowest BCUT2D eigenvalue weighted by Gasteiger charge is -2.38. The molecule has 1 aliphatic rings. The fourth-order valence-electron chi connectivity index (χ4n) is 5.39. The molecule has 0 aliphatic carbocycles. The first-order chi connectivity index (χ1) is 20.7. The van der Waals surface area contributed by atoms with Gasteiger partial charge in [-0.1, -0.05) is 6.07 Å². The van der Waals surface area contributed by atoms with E-state index in [4.69, 9.17) is 9.97 Å². The van der Waals surface area contributed by atoms with Gasteiger partial charge in [0.2, 0.25) is 5.91 Å². The van der Waals surface area contributed by atoms with Crippen LogP contribution < -0.4 is 4.90 Å². The Bertz CT molecular complexity index is 1850. The second-order valence-electron chi connectivity index (χ2n) is 10.6. The van der Waals surface area contributed by atoms with Crippen LogP contribution in [0, 0.1) is 23.0 Å².